The van der Waals surface area contributed by atoms with Crippen molar-refractivity contribution in [1.29, 1.82) is 0 Å². The minimum absolute atomic E-state index is 0.378. The summed E-state index contributed by atoms with van der Waals surface area (Å²) in [6, 6.07) is 5.30. The summed E-state index contributed by atoms with van der Waals surface area (Å²) in [7, 11) is 0. The number of hydrogen-bond donors (Lipinski definition) is 0. The lowest BCUT2D eigenvalue weighted by atomic mass is 10.2. The van der Waals surface area contributed by atoms with Crippen LogP contribution in [-0.4, -0.2) is 13.9 Å². The first-order valence-corrected chi connectivity index (χ1v) is 5.92. The second-order valence-corrected chi connectivity index (χ2v) is 4.57. The standard InChI is InChI=1S/C13H12FN3O2/c1-9-6-7-15-12(18)17(13(19)16(15)8-9)11-4-2-10(14)3-5-11/h2-6H,7-8H2,1H3. The molecule has 1 aromatic carbocycles. The third kappa shape index (κ3) is 1.76. The fraction of sp³-hybridized carbons (Fsp3) is 0.231. The molecule has 0 spiro atoms. The SMILES string of the molecule is CC1=CCn2c(=O)n(-c3ccc(F)cc3)c(=O)n2C1. The van der Waals surface area contributed by atoms with Gasteiger partial charge in [-0.2, -0.15) is 0 Å². The minimum atomic E-state index is -0.404. The second kappa shape index (κ2) is 4.08. The van der Waals surface area contributed by atoms with E-state index in [-0.39, 0.29) is 0 Å². The average molecular weight is 261 g/mol. The van der Waals surface area contributed by atoms with Crippen molar-refractivity contribution in [3.63, 3.8) is 0 Å². The molecule has 19 heavy (non-hydrogen) atoms. The van der Waals surface area contributed by atoms with E-state index in [0.29, 0.717) is 18.8 Å². The lowest BCUT2D eigenvalue weighted by Crippen LogP contribution is -2.29. The van der Waals surface area contributed by atoms with E-state index in [0.717, 1.165) is 10.1 Å². The van der Waals surface area contributed by atoms with Crippen LogP contribution >= 0.6 is 0 Å². The molecule has 0 N–H and O–H groups in total. The summed E-state index contributed by atoms with van der Waals surface area (Å²) in [5, 5.41) is 0. The molecule has 2 aromatic rings. The van der Waals surface area contributed by atoms with E-state index in [4.69, 9.17) is 0 Å². The van der Waals surface area contributed by atoms with E-state index in [1.165, 1.54) is 33.6 Å². The van der Waals surface area contributed by atoms with Crippen LogP contribution in [0.4, 0.5) is 4.39 Å². The quantitative estimate of drug-likeness (QED) is 0.716. The Labute approximate surface area is 107 Å². The number of allylic oxidation sites excluding steroid dienone is 2. The average Bonchev–Trinajstić information content (AvgIpc) is 2.63. The third-order valence-electron chi connectivity index (χ3n) is 3.21. The molecule has 6 heteroatoms. The van der Waals surface area contributed by atoms with Gasteiger partial charge in [0.15, 0.2) is 0 Å². The maximum absolute atomic E-state index is 12.9. The van der Waals surface area contributed by atoms with Crippen molar-refractivity contribution in [2.45, 2.75) is 20.0 Å². The van der Waals surface area contributed by atoms with Crippen molar-refractivity contribution in [1.82, 2.24) is 13.9 Å². The molecule has 0 unspecified atom stereocenters. The number of nitrogens with zero attached hydrogens (tertiary/aromatic N) is 3. The Morgan fingerprint density at radius 2 is 1.68 bits per heavy atom. The van der Waals surface area contributed by atoms with Crippen LogP contribution in [0.25, 0.3) is 5.69 Å². The summed E-state index contributed by atoms with van der Waals surface area (Å²) >= 11 is 0. The van der Waals surface area contributed by atoms with Gasteiger partial charge in [0, 0.05) is 0 Å². The summed E-state index contributed by atoms with van der Waals surface area (Å²) in [4.78, 5) is 24.5. The molecule has 1 aliphatic rings. The molecule has 1 aliphatic heterocycles. The van der Waals surface area contributed by atoms with Crippen molar-refractivity contribution in [2.24, 2.45) is 0 Å². The van der Waals surface area contributed by atoms with Crippen LogP contribution in [0.1, 0.15) is 6.92 Å². The Kier molecular flexibility index (Phi) is 2.51. The Bertz CT molecular complexity index is 778. The van der Waals surface area contributed by atoms with E-state index < -0.39 is 17.2 Å². The van der Waals surface area contributed by atoms with Crippen molar-refractivity contribution in [3.8, 4) is 5.69 Å². The molecule has 1 aromatic heterocycles. The Morgan fingerprint density at radius 1 is 1.05 bits per heavy atom. The number of benzene rings is 1. The minimum Gasteiger partial charge on any atom is -0.245 e. The van der Waals surface area contributed by atoms with E-state index in [1.807, 2.05) is 13.0 Å². The number of hydrogen-bond acceptors (Lipinski definition) is 2. The maximum Gasteiger partial charge on any atom is 0.352 e. The number of aromatic nitrogens is 3. The van der Waals surface area contributed by atoms with Crippen LogP contribution in [0.15, 0.2) is 45.5 Å². The van der Waals surface area contributed by atoms with Crippen LogP contribution < -0.4 is 11.4 Å². The van der Waals surface area contributed by atoms with Crippen LogP contribution in [0.3, 0.4) is 0 Å². The predicted octanol–water partition coefficient (Wildman–Crippen LogP) is 0.900. The maximum atomic E-state index is 12.9. The summed E-state index contributed by atoms with van der Waals surface area (Å²) in [6.07, 6.45) is 1.91. The van der Waals surface area contributed by atoms with Gasteiger partial charge in [0.25, 0.3) is 0 Å². The van der Waals surface area contributed by atoms with Crippen LogP contribution in [0.2, 0.25) is 0 Å². The van der Waals surface area contributed by atoms with Gasteiger partial charge < -0.3 is 0 Å². The predicted molar refractivity (Wildman–Crippen MR) is 68.0 cm³/mol. The summed E-state index contributed by atoms with van der Waals surface area (Å²) in [6.45, 7) is 2.70. The smallest absolute Gasteiger partial charge is 0.245 e. The second-order valence-electron chi connectivity index (χ2n) is 4.57. The van der Waals surface area contributed by atoms with Gasteiger partial charge in [-0.05, 0) is 31.2 Å². The lowest BCUT2D eigenvalue weighted by molar-refractivity contribution is 0.468. The number of halogens is 1. The van der Waals surface area contributed by atoms with Crippen molar-refractivity contribution < 1.29 is 4.39 Å². The molecule has 0 aliphatic carbocycles. The Balaban J connectivity index is 2.22. The van der Waals surface area contributed by atoms with Crippen molar-refractivity contribution >= 4 is 0 Å². The lowest BCUT2D eigenvalue weighted by Gasteiger charge is -2.13. The molecule has 0 amide bonds. The topological polar surface area (TPSA) is 48.9 Å². The molecule has 0 saturated carbocycles. The summed E-state index contributed by atoms with van der Waals surface area (Å²) in [5.41, 5.74) is 0.617. The van der Waals surface area contributed by atoms with Gasteiger partial charge in [0.05, 0.1) is 18.8 Å². The molecule has 0 atom stereocenters. The normalized spacial score (nSPS) is 14.1. The van der Waals surface area contributed by atoms with E-state index in [2.05, 4.69) is 0 Å². The molecule has 5 nitrogen and oxygen atoms in total. The fourth-order valence-electron chi connectivity index (χ4n) is 2.20. The molecule has 3 rings (SSSR count). The van der Waals surface area contributed by atoms with Crippen molar-refractivity contribution in [2.75, 3.05) is 0 Å². The largest absolute Gasteiger partial charge is 0.352 e. The highest BCUT2D eigenvalue weighted by atomic mass is 19.1. The first kappa shape index (κ1) is 11.7. The van der Waals surface area contributed by atoms with Crippen LogP contribution in [0, 0.1) is 5.82 Å². The van der Waals surface area contributed by atoms with E-state index >= 15 is 0 Å². The Morgan fingerprint density at radius 3 is 2.37 bits per heavy atom. The monoisotopic (exact) mass is 261 g/mol. The zero-order valence-electron chi connectivity index (χ0n) is 10.3. The van der Waals surface area contributed by atoms with Gasteiger partial charge in [-0.3, -0.25) is 0 Å². The highest BCUT2D eigenvalue weighted by Crippen LogP contribution is 2.07. The molecule has 0 bridgehead atoms. The van der Waals surface area contributed by atoms with E-state index in [1.54, 1.807) is 0 Å². The first-order valence-electron chi connectivity index (χ1n) is 5.92. The first-order chi connectivity index (χ1) is 9.08. The number of fused-ring (bicyclic) bond motifs is 1. The van der Waals surface area contributed by atoms with Crippen LogP contribution in [0.5, 0.6) is 0 Å². The van der Waals surface area contributed by atoms with Gasteiger partial charge in [-0.1, -0.05) is 11.6 Å². The van der Waals surface area contributed by atoms with E-state index in [9.17, 15) is 14.0 Å². The molecule has 0 saturated heterocycles. The molecule has 98 valence electrons. The zero-order chi connectivity index (χ0) is 13.6. The van der Waals surface area contributed by atoms with Crippen molar-refractivity contribution in [3.05, 3.63) is 62.7 Å². The zero-order valence-corrected chi connectivity index (χ0v) is 10.3. The van der Waals surface area contributed by atoms with Gasteiger partial charge in [-0.25, -0.2) is 27.9 Å². The van der Waals surface area contributed by atoms with Gasteiger partial charge in [-0.15, -0.1) is 0 Å². The molecule has 0 fully saturated rings. The molecular formula is C13H12FN3O2. The van der Waals surface area contributed by atoms with Crippen LogP contribution in [-0.2, 0) is 13.1 Å². The number of rotatable bonds is 1. The van der Waals surface area contributed by atoms with Gasteiger partial charge >= 0.3 is 11.4 Å². The molecule has 0 radical (unpaired) electrons. The third-order valence-corrected chi connectivity index (χ3v) is 3.21. The molecule has 2 heterocycles. The summed E-state index contributed by atoms with van der Waals surface area (Å²) in [5.74, 6) is -0.404. The highest BCUT2D eigenvalue weighted by molar-refractivity contribution is 5.31. The highest BCUT2D eigenvalue weighted by Gasteiger charge is 2.18. The fourth-order valence-corrected chi connectivity index (χ4v) is 2.20. The summed E-state index contributed by atoms with van der Waals surface area (Å²) < 4.78 is 16.8. The Hall–Kier alpha value is -2.37. The molecular weight excluding hydrogens is 249 g/mol. The van der Waals surface area contributed by atoms with Gasteiger partial charge in [0.2, 0.25) is 0 Å². The van der Waals surface area contributed by atoms with Gasteiger partial charge in [0.1, 0.15) is 5.82 Å².